The van der Waals surface area contributed by atoms with Gasteiger partial charge in [-0.15, -0.1) is 0 Å². The Morgan fingerprint density at radius 2 is 1.93 bits per heavy atom. The first-order chi connectivity index (χ1) is 7.24. The SMILES string of the molecule is CCCCCc1nc(CC)n(CC)c1N. The Labute approximate surface area is 92.7 Å². The fourth-order valence-corrected chi connectivity index (χ4v) is 1.92. The summed E-state index contributed by atoms with van der Waals surface area (Å²) in [4.78, 5) is 4.61. The fourth-order valence-electron chi connectivity index (χ4n) is 1.92. The molecule has 3 heteroatoms. The highest BCUT2D eigenvalue weighted by molar-refractivity contribution is 5.38. The molecular formula is C12H23N3. The van der Waals surface area contributed by atoms with Crippen molar-refractivity contribution >= 4 is 5.82 Å². The molecule has 1 aromatic heterocycles. The van der Waals surface area contributed by atoms with Crippen LogP contribution in [-0.2, 0) is 19.4 Å². The molecule has 0 saturated heterocycles. The third-order valence-corrected chi connectivity index (χ3v) is 2.81. The van der Waals surface area contributed by atoms with Gasteiger partial charge in [0.15, 0.2) is 0 Å². The van der Waals surface area contributed by atoms with E-state index in [1.807, 2.05) is 0 Å². The van der Waals surface area contributed by atoms with Crippen molar-refractivity contribution in [2.75, 3.05) is 5.73 Å². The van der Waals surface area contributed by atoms with Crippen molar-refractivity contribution in [3.63, 3.8) is 0 Å². The molecule has 0 atom stereocenters. The van der Waals surface area contributed by atoms with E-state index >= 15 is 0 Å². The van der Waals surface area contributed by atoms with E-state index in [0.29, 0.717) is 0 Å². The molecule has 0 aromatic carbocycles. The van der Waals surface area contributed by atoms with Crippen molar-refractivity contribution in [3.8, 4) is 0 Å². The van der Waals surface area contributed by atoms with Crippen LogP contribution in [0.3, 0.4) is 0 Å². The van der Waals surface area contributed by atoms with Crippen molar-refractivity contribution in [3.05, 3.63) is 11.5 Å². The molecular weight excluding hydrogens is 186 g/mol. The van der Waals surface area contributed by atoms with Crippen LogP contribution in [0, 0.1) is 0 Å². The molecule has 0 fully saturated rings. The molecule has 1 rings (SSSR count). The fraction of sp³-hybridized carbons (Fsp3) is 0.750. The summed E-state index contributed by atoms with van der Waals surface area (Å²) >= 11 is 0. The number of aromatic nitrogens is 2. The summed E-state index contributed by atoms with van der Waals surface area (Å²) in [7, 11) is 0. The van der Waals surface area contributed by atoms with Gasteiger partial charge in [-0.3, -0.25) is 0 Å². The Morgan fingerprint density at radius 1 is 1.20 bits per heavy atom. The lowest BCUT2D eigenvalue weighted by Crippen LogP contribution is -2.04. The molecule has 0 unspecified atom stereocenters. The summed E-state index contributed by atoms with van der Waals surface area (Å²) in [6, 6.07) is 0. The van der Waals surface area contributed by atoms with Gasteiger partial charge in [0.05, 0.1) is 5.69 Å². The summed E-state index contributed by atoms with van der Waals surface area (Å²) in [6.07, 6.45) is 5.70. The summed E-state index contributed by atoms with van der Waals surface area (Å²) < 4.78 is 2.13. The third kappa shape index (κ3) is 2.74. The number of hydrogen-bond acceptors (Lipinski definition) is 2. The molecule has 15 heavy (non-hydrogen) atoms. The van der Waals surface area contributed by atoms with Gasteiger partial charge < -0.3 is 10.3 Å². The van der Waals surface area contributed by atoms with Crippen LogP contribution in [0.25, 0.3) is 0 Å². The first-order valence-corrected chi connectivity index (χ1v) is 6.08. The predicted octanol–water partition coefficient (Wildman–Crippen LogP) is 2.78. The lowest BCUT2D eigenvalue weighted by molar-refractivity contribution is 0.709. The Bertz CT molecular complexity index is 302. The first kappa shape index (κ1) is 12.1. The maximum Gasteiger partial charge on any atom is 0.126 e. The van der Waals surface area contributed by atoms with E-state index in [-0.39, 0.29) is 0 Å². The normalized spacial score (nSPS) is 10.9. The number of anilines is 1. The quantitative estimate of drug-likeness (QED) is 0.732. The number of nitrogens with two attached hydrogens (primary N) is 1. The Balaban J connectivity index is 2.75. The van der Waals surface area contributed by atoms with Crippen molar-refractivity contribution in [2.45, 2.75) is 59.4 Å². The topological polar surface area (TPSA) is 43.8 Å². The lowest BCUT2D eigenvalue weighted by Gasteiger charge is -2.04. The molecule has 0 aliphatic rings. The zero-order valence-electron chi connectivity index (χ0n) is 10.2. The van der Waals surface area contributed by atoms with E-state index in [4.69, 9.17) is 5.73 Å². The van der Waals surface area contributed by atoms with Crippen LogP contribution in [0.15, 0.2) is 0 Å². The molecule has 0 radical (unpaired) electrons. The number of imidazole rings is 1. The number of nitrogen functional groups attached to an aromatic ring is 1. The largest absolute Gasteiger partial charge is 0.384 e. The number of unbranched alkanes of at least 4 members (excludes halogenated alkanes) is 2. The number of rotatable bonds is 6. The van der Waals surface area contributed by atoms with Crippen LogP contribution >= 0.6 is 0 Å². The second-order valence-corrected chi connectivity index (χ2v) is 3.91. The van der Waals surface area contributed by atoms with Crippen molar-refractivity contribution in [1.82, 2.24) is 9.55 Å². The minimum atomic E-state index is 0.880. The average molecular weight is 209 g/mol. The molecule has 0 aliphatic carbocycles. The van der Waals surface area contributed by atoms with Gasteiger partial charge in [-0.1, -0.05) is 26.7 Å². The predicted molar refractivity (Wildman–Crippen MR) is 64.9 cm³/mol. The van der Waals surface area contributed by atoms with E-state index in [0.717, 1.165) is 36.7 Å². The van der Waals surface area contributed by atoms with Crippen LogP contribution in [0.2, 0.25) is 0 Å². The van der Waals surface area contributed by atoms with Gasteiger partial charge in [0.25, 0.3) is 0 Å². The molecule has 2 N–H and O–H groups in total. The average Bonchev–Trinajstić information content (AvgIpc) is 2.55. The van der Waals surface area contributed by atoms with E-state index in [1.54, 1.807) is 0 Å². The molecule has 1 heterocycles. The molecule has 0 bridgehead atoms. The molecule has 0 aliphatic heterocycles. The molecule has 3 nitrogen and oxygen atoms in total. The highest BCUT2D eigenvalue weighted by atomic mass is 15.1. The summed E-state index contributed by atoms with van der Waals surface area (Å²) in [6.45, 7) is 7.39. The van der Waals surface area contributed by atoms with Gasteiger partial charge in [0.2, 0.25) is 0 Å². The Morgan fingerprint density at radius 3 is 2.40 bits per heavy atom. The molecule has 1 aromatic rings. The molecule has 0 saturated carbocycles. The van der Waals surface area contributed by atoms with Crippen LogP contribution in [0.5, 0.6) is 0 Å². The number of hydrogen-bond donors (Lipinski definition) is 1. The Kier molecular flexibility index (Phi) is 4.66. The van der Waals surface area contributed by atoms with Gasteiger partial charge >= 0.3 is 0 Å². The highest BCUT2D eigenvalue weighted by Crippen LogP contribution is 2.17. The highest BCUT2D eigenvalue weighted by Gasteiger charge is 2.11. The maximum atomic E-state index is 6.07. The van der Waals surface area contributed by atoms with E-state index in [9.17, 15) is 0 Å². The van der Waals surface area contributed by atoms with Crippen LogP contribution in [0.1, 0.15) is 51.6 Å². The van der Waals surface area contributed by atoms with E-state index in [1.165, 1.54) is 19.3 Å². The van der Waals surface area contributed by atoms with E-state index in [2.05, 4.69) is 30.3 Å². The number of nitrogens with zero attached hydrogens (tertiary/aromatic N) is 2. The molecule has 86 valence electrons. The van der Waals surface area contributed by atoms with Crippen molar-refractivity contribution < 1.29 is 0 Å². The summed E-state index contributed by atoms with van der Waals surface area (Å²) in [5.41, 5.74) is 7.17. The van der Waals surface area contributed by atoms with Crippen molar-refractivity contribution in [1.29, 1.82) is 0 Å². The third-order valence-electron chi connectivity index (χ3n) is 2.81. The zero-order valence-corrected chi connectivity index (χ0v) is 10.2. The van der Waals surface area contributed by atoms with Gasteiger partial charge in [-0.2, -0.15) is 0 Å². The summed E-state index contributed by atoms with van der Waals surface area (Å²) in [5.74, 6) is 2.01. The zero-order chi connectivity index (χ0) is 11.3. The standard InChI is InChI=1S/C12H23N3/c1-4-7-8-9-10-12(13)15(6-3)11(5-2)14-10/h4-9,13H2,1-3H3. The van der Waals surface area contributed by atoms with Gasteiger partial charge in [0, 0.05) is 13.0 Å². The monoisotopic (exact) mass is 209 g/mol. The van der Waals surface area contributed by atoms with Gasteiger partial charge in [-0.05, 0) is 19.8 Å². The van der Waals surface area contributed by atoms with Gasteiger partial charge in [-0.25, -0.2) is 4.98 Å². The Hall–Kier alpha value is -0.990. The first-order valence-electron chi connectivity index (χ1n) is 6.08. The molecule has 0 amide bonds. The van der Waals surface area contributed by atoms with Crippen LogP contribution in [-0.4, -0.2) is 9.55 Å². The number of aryl methyl sites for hydroxylation is 2. The smallest absolute Gasteiger partial charge is 0.126 e. The minimum absolute atomic E-state index is 0.880. The lowest BCUT2D eigenvalue weighted by atomic mass is 10.1. The van der Waals surface area contributed by atoms with Crippen molar-refractivity contribution in [2.24, 2.45) is 0 Å². The minimum Gasteiger partial charge on any atom is -0.384 e. The summed E-state index contributed by atoms with van der Waals surface area (Å²) in [5, 5.41) is 0. The van der Waals surface area contributed by atoms with E-state index < -0.39 is 0 Å². The second kappa shape index (κ2) is 5.79. The molecule has 0 spiro atoms. The second-order valence-electron chi connectivity index (χ2n) is 3.91. The maximum absolute atomic E-state index is 6.07. The van der Waals surface area contributed by atoms with Gasteiger partial charge in [0.1, 0.15) is 11.6 Å². The van der Waals surface area contributed by atoms with Crippen LogP contribution < -0.4 is 5.73 Å². The van der Waals surface area contributed by atoms with Crippen LogP contribution in [0.4, 0.5) is 5.82 Å².